The van der Waals surface area contributed by atoms with Gasteiger partial charge in [0.1, 0.15) is 58.3 Å². The van der Waals surface area contributed by atoms with E-state index in [4.69, 9.17) is 4.74 Å². The van der Waals surface area contributed by atoms with Crippen LogP contribution in [0.5, 0.6) is 0 Å². The molecule has 0 bridgehead atoms. The Bertz CT molecular complexity index is 2470. The van der Waals surface area contributed by atoms with Gasteiger partial charge in [0.25, 0.3) is 0 Å². The summed E-state index contributed by atoms with van der Waals surface area (Å²) < 4.78 is 301. The summed E-state index contributed by atoms with van der Waals surface area (Å²) in [5, 5.41) is 2.53. The van der Waals surface area contributed by atoms with E-state index in [9.17, 15) is 57.5 Å². The number of carbonyl (C=O) groups is 1. The first-order valence-corrected chi connectivity index (χ1v) is 18.0. The first kappa shape index (κ1) is 48.9. The highest BCUT2D eigenvalue weighted by Crippen LogP contribution is 2.31. The van der Waals surface area contributed by atoms with Crippen LogP contribution >= 0.6 is 11.3 Å². The minimum absolute atomic E-state index is 0.265. The third kappa shape index (κ3) is 8.01. The number of hydrogen-bond acceptors (Lipinski definition) is 3. The van der Waals surface area contributed by atoms with Crippen molar-refractivity contribution in [1.82, 2.24) is 0 Å². The van der Waals surface area contributed by atoms with E-state index in [1.54, 1.807) is 0 Å². The van der Waals surface area contributed by atoms with Crippen LogP contribution in [0.25, 0.3) is 0 Å². The van der Waals surface area contributed by atoms with Gasteiger partial charge in [0.2, 0.25) is 0 Å². The zero-order valence-electron chi connectivity index (χ0n) is 31.6. The van der Waals surface area contributed by atoms with Gasteiger partial charge < -0.3 is 4.74 Å². The summed E-state index contributed by atoms with van der Waals surface area (Å²) >= 11 is 1.41. The summed E-state index contributed by atoms with van der Waals surface area (Å²) in [6, 6.07) is 10.1. The fourth-order valence-corrected chi connectivity index (χ4v) is 7.31. The van der Waals surface area contributed by atoms with Crippen molar-refractivity contribution in [3.63, 3.8) is 0 Å². The van der Waals surface area contributed by atoms with E-state index >= 15 is 35.1 Å². The second kappa shape index (κ2) is 17.8. The number of thiazole rings is 1. The van der Waals surface area contributed by atoms with Crippen molar-refractivity contribution in [2.45, 2.75) is 32.9 Å². The lowest BCUT2D eigenvalue weighted by atomic mass is 9.12. The third-order valence-corrected chi connectivity index (χ3v) is 10.0. The standard InChI is InChI=1S/C24BF20.C15H18NO2S/c26-5-1(6(27)14(35)21(42)13(5)34)25(2-7(28)15(36)22(43)16(37)8(2)29,3-9(30)17(38)23(44)18(39)10(3)31)4-11(32)19(40)24(45)20(41)12(4)33;1-15(2,3)18-14(17)13-16(9-10-19-13)11-12-7-5-4-6-8-12/h;4-10H,11H2,1-3H3/q-1;+1. The van der Waals surface area contributed by atoms with Crippen molar-refractivity contribution in [3.8, 4) is 0 Å². The maximum absolute atomic E-state index is 15.4. The van der Waals surface area contributed by atoms with E-state index in [0.29, 0.717) is 11.6 Å². The molecule has 6 rings (SSSR count). The number of aromatic nitrogens is 1. The zero-order chi connectivity index (χ0) is 48.2. The molecule has 1 aromatic heterocycles. The Balaban J connectivity index is 0.000000337. The fourth-order valence-electron chi connectivity index (χ4n) is 6.57. The topological polar surface area (TPSA) is 30.2 Å². The number of halogens is 20. The maximum atomic E-state index is 15.4. The molecule has 0 unspecified atom stereocenters. The number of nitrogens with zero attached hydrogens (tertiary/aromatic N) is 1. The van der Waals surface area contributed by atoms with Crippen molar-refractivity contribution in [3.05, 3.63) is 169 Å². The molecule has 0 aliphatic carbocycles. The molecule has 3 nitrogen and oxygen atoms in total. The fraction of sp³-hybridized carbons (Fsp3) is 0.128. The molecular formula is C39H18BF20NO2S. The van der Waals surface area contributed by atoms with Crippen LogP contribution in [0.15, 0.2) is 41.9 Å². The van der Waals surface area contributed by atoms with E-state index in [0.717, 1.165) is 5.56 Å². The van der Waals surface area contributed by atoms with Gasteiger partial charge in [-0.3, -0.25) is 0 Å². The van der Waals surface area contributed by atoms with Gasteiger partial charge in [-0.25, -0.2) is 92.6 Å². The molecule has 0 saturated heterocycles. The Kier molecular flexibility index (Phi) is 13.6. The van der Waals surface area contributed by atoms with Gasteiger partial charge >= 0.3 is 11.0 Å². The lowest BCUT2D eigenvalue weighted by molar-refractivity contribution is -0.685. The predicted octanol–water partition coefficient (Wildman–Crippen LogP) is 8.89. The van der Waals surface area contributed by atoms with Gasteiger partial charge in [-0.1, -0.05) is 41.7 Å². The van der Waals surface area contributed by atoms with Crippen LogP contribution in [0.3, 0.4) is 0 Å². The van der Waals surface area contributed by atoms with Gasteiger partial charge in [0, 0.05) is 5.56 Å². The van der Waals surface area contributed by atoms with Crippen LogP contribution in [0.4, 0.5) is 87.8 Å². The Hall–Kier alpha value is -6.14. The highest BCUT2D eigenvalue weighted by molar-refractivity contribution is 7.20. The SMILES string of the molecule is CC(C)(C)OC(=O)c1scc[n+]1Cc1ccccc1.Fc1c(F)c(F)c([B-](c2c(F)c(F)c(F)c(F)c2F)(c2c(F)c(F)c(F)c(F)c2F)c2c(F)c(F)c(F)c(F)c2F)c(F)c1F. The molecule has 1 heterocycles. The largest absolute Gasteiger partial charge is 0.451 e. The summed E-state index contributed by atoms with van der Waals surface area (Å²) in [4.78, 5) is 12.1. The van der Waals surface area contributed by atoms with E-state index in [-0.39, 0.29) is 5.97 Å². The van der Waals surface area contributed by atoms with Crippen LogP contribution in [-0.4, -0.2) is 17.7 Å². The quantitative estimate of drug-likeness (QED) is 0.0400. The van der Waals surface area contributed by atoms with Gasteiger partial charge in [0.15, 0.2) is 82.5 Å². The Morgan fingerprint density at radius 1 is 0.469 bits per heavy atom. The molecule has 0 fully saturated rings. The maximum Gasteiger partial charge on any atom is 0.415 e. The number of benzene rings is 5. The van der Waals surface area contributed by atoms with Gasteiger partial charge in [0.05, 0.1) is 5.38 Å². The first-order chi connectivity index (χ1) is 29.7. The lowest BCUT2D eigenvalue weighted by Crippen LogP contribution is -2.81. The van der Waals surface area contributed by atoms with Gasteiger partial charge in [-0.2, -0.15) is 4.57 Å². The highest BCUT2D eigenvalue weighted by atomic mass is 32.1. The van der Waals surface area contributed by atoms with Crippen LogP contribution in [0, 0.1) is 116 Å². The molecule has 0 amide bonds. The average Bonchev–Trinajstić information content (AvgIpc) is 3.72. The van der Waals surface area contributed by atoms with Gasteiger partial charge in [-0.15, -0.1) is 21.9 Å². The van der Waals surface area contributed by atoms with Crippen molar-refractivity contribution in [1.29, 1.82) is 0 Å². The molecule has 0 saturated carbocycles. The van der Waals surface area contributed by atoms with E-state index in [1.807, 2.05) is 67.2 Å². The molecular weight excluding hydrogens is 937 g/mol. The second-order valence-corrected chi connectivity index (χ2v) is 15.0. The monoisotopic (exact) mass is 955 g/mol. The second-order valence-electron chi connectivity index (χ2n) is 14.1. The smallest absolute Gasteiger partial charge is 0.415 e. The summed E-state index contributed by atoms with van der Waals surface area (Å²) in [6.07, 6.45) is -5.30. The number of ether oxygens (including phenoxy) is 1. The molecule has 25 heteroatoms. The van der Waals surface area contributed by atoms with Crippen LogP contribution in [0.2, 0.25) is 0 Å². The van der Waals surface area contributed by atoms with Crippen molar-refractivity contribution in [2.24, 2.45) is 0 Å². The number of esters is 1. The molecule has 0 N–H and O–H groups in total. The molecule has 0 aliphatic heterocycles. The molecule has 6 aromatic rings. The lowest BCUT2D eigenvalue weighted by Gasteiger charge is -2.44. The van der Waals surface area contributed by atoms with Gasteiger partial charge in [-0.05, 0) is 20.8 Å². The van der Waals surface area contributed by atoms with Crippen molar-refractivity contribution in [2.75, 3.05) is 0 Å². The molecule has 0 spiro atoms. The van der Waals surface area contributed by atoms with Crippen molar-refractivity contribution >= 4 is 45.3 Å². The molecule has 0 atom stereocenters. The summed E-state index contributed by atoms with van der Waals surface area (Å²) in [5.74, 6) is -71.7. The van der Waals surface area contributed by atoms with Crippen LogP contribution < -0.4 is 26.4 Å². The third-order valence-electron chi connectivity index (χ3n) is 9.16. The minimum atomic E-state index is -7.22. The minimum Gasteiger partial charge on any atom is -0.451 e. The number of hydrogen-bond donors (Lipinski definition) is 0. The predicted molar refractivity (Wildman–Crippen MR) is 184 cm³/mol. The zero-order valence-corrected chi connectivity index (χ0v) is 32.4. The molecule has 64 heavy (non-hydrogen) atoms. The molecule has 0 aliphatic rings. The van der Waals surface area contributed by atoms with Crippen molar-refractivity contribution < 1.29 is 102 Å². The molecule has 340 valence electrons. The van der Waals surface area contributed by atoms with E-state index < -0.39 is 150 Å². The molecule has 5 aromatic carbocycles. The van der Waals surface area contributed by atoms with Crippen LogP contribution in [-0.2, 0) is 11.3 Å². The summed E-state index contributed by atoms with van der Waals surface area (Å²) in [7, 11) is 0. The average molecular weight is 955 g/mol. The molecule has 0 radical (unpaired) electrons. The van der Waals surface area contributed by atoms with Crippen LogP contribution in [0.1, 0.15) is 36.1 Å². The Morgan fingerprint density at radius 3 is 1.00 bits per heavy atom. The number of carbonyl (C=O) groups excluding carboxylic acids is 1. The Morgan fingerprint density at radius 2 is 0.734 bits per heavy atom. The Labute approximate surface area is 348 Å². The normalized spacial score (nSPS) is 11.8. The first-order valence-electron chi connectivity index (χ1n) is 17.1. The van der Waals surface area contributed by atoms with E-state index in [1.165, 1.54) is 11.3 Å². The van der Waals surface area contributed by atoms with E-state index in [2.05, 4.69) is 0 Å². The highest BCUT2D eigenvalue weighted by Gasteiger charge is 2.52. The summed E-state index contributed by atoms with van der Waals surface area (Å²) in [6.45, 7) is 6.30. The number of rotatable bonds is 7. The summed E-state index contributed by atoms with van der Waals surface area (Å²) in [5.41, 5.74) is -13.6.